The quantitative estimate of drug-likeness (QED) is 0.803. The van der Waals surface area contributed by atoms with Crippen LogP contribution in [0, 0.1) is 5.92 Å². The van der Waals surface area contributed by atoms with E-state index in [1.807, 2.05) is 0 Å². The van der Waals surface area contributed by atoms with E-state index in [0.717, 1.165) is 0 Å². The predicted molar refractivity (Wildman–Crippen MR) is 91.2 cm³/mol. The molecule has 1 N–H and O–H groups in total. The molecule has 0 aliphatic carbocycles. The number of nitrogens with zero attached hydrogens (tertiary/aromatic N) is 1. The summed E-state index contributed by atoms with van der Waals surface area (Å²) in [6, 6.07) is 4.32. The Morgan fingerprint density at radius 1 is 1.43 bits per heavy atom. The molecule has 1 atom stereocenters. The molecule has 0 bridgehead atoms. The zero-order valence-corrected chi connectivity index (χ0v) is 14.8. The Labute approximate surface area is 146 Å². The summed E-state index contributed by atoms with van der Waals surface area (Å²) in [6.07, 6.45) is 2.85. The third-order valence-electron chi connectivity index (χ3n) is 3.69. The molecule has 8 heteroatoms. The largest absolute Gasteiger partial charge is 0.352 e. The lowest BCUT2D eigenvalue weighted by Crippen LogP contribution is -2.45. The van der Waals surface area contributed by atoms with Crippen molar-refractivity contribution >= 4 is 39.1 Å². The summed E-state index contributed by atoms with van der Waals surface area (Å²) in [5.41, 5.74) is 0. The molecule has 1 aromatic rings. The van der Waals surface area contributed by atoms with E-state index < -0.39 is 10.0 Å². The average Bonchev–Trinajstić information content (AvgIpc) is 2.54. The standard InChI is InChI=1S/C15H18Cl2N2O3S/c1-2-7-18-15(20)11-4-3-8-19(10-11)23(21,22)14-9-12(16)5-6-13(14)17/h2,5-6,9,11H,1,3-4,7-8,10H2,(H,18,20)/t11-/m0/s1. The van der Waals surface area contributed by atoms with Crippen LogP contribution in [0.2, 0.25) is 10.0 Å². The molecule has 1 fully saturated rings. The molecular formula is C15H18Cl2N2O3S. The van der Waals surface area contributed by atoms with E-state index in [1.165, 1.54) is 22.5 Å². The van der Waals surface area contributed by atoms with Crippen molar-refractivity contribution in [2.75, 3.05) is 19.6 Å². The summed E-state index contributed by atoms with van der Waals surface area (Å²) >= 11 is 11.9. The van der Waals surface area contributed by atoms with Crippen LogP contribution in [0.3, 0.4) is 0 Å². The van der Waals surface area contributed by atoms with E-state index in [-0.39, 0.29) is 28.3 Å². The number of nitrogens with one attached hydrogen (secondary N) is 1. The highest BCUT2D eigenvalue weighted by Crippen LogP contribution is 2.30. The van der Waals surface area contributed by atoms with Crippen molar-refractivity contribution in [2.24, 2.45) is 5.92 Å². The fraction of sp³-hybridized carbons (Fsp3) is 0.400. The van der Waals surface area contributed by atoms with Crippen LogP contribution >= 0.6 is 23.2 Å². The monoisotopic (exact) mass is 376 g/mol. The lowest BCUT2D eigenvalue weighted by Gasteiger charge is -2.31. The van der Waals surface area contributed by atoms with Crippen molar-refractivity contribution in [3.8, 4) is 0 Å². The molecule has 2 rings (SSSR count). The Morgan fingerprint density at radius 3 is 2.87 bits per heavy atom. The van der Waals surface area contributed by atoms with Gasteiger partial charge in [0.05, 0.1) is 10.9 Å². The van der Waals surface area contributed by atoms with Crippen LogP contribution in [0.1, 0.15) is 12.8 Å². The number of carbonyl (C=O) groups excluding carboxylic acids is 1. The Kier molecular flexibility index (Phi) is 6.08. The van der Waals surface area contributed by atoms with Gasteiger partial charge < -0.3 is 5.32 Å². The first-order chi connectivity index (χ1) is 10.9. The Balaban J connectivity index is 2.21. The van der Waals surface area contributed by atoms with Crippen molar-refractivity contribution in [3.05, 3.63) is 40.9 Å². The second-order valence-electron chi connectivity index (χ2n) is 5.31. The van der Waals surface area contributed by atoms with Gasteiger partial charge in [0.1, 0.15) is 4.90 Å². The third kappa shape index (κ3) is 4.26. The Hall–Kier alpha value is -1.08. The van der Waals surface area contributed by atoms with Gasteiger partial charge in [-0.25, -0.2) is 8.42 Å². The van der Waals surface area contributed by atoms with E-state index in [9.17, 15) is 13.2 Å². The number of sulfonamides is 1. The highest BCUT2D eigenvalue weighted by Gasteiger charge is 2.34. The Bertz CT molecular complexity index is 707. The molecule has 1 aliphatic rings. The molecular weight excluding hydrogens is 359 g/mol. The molecule has 0 spiro atoms. The molecule has 0 radical (unpaired) electrons. The van der Waals surface area contributed by atoms with Gasteiger partial charge in [-0.1, -0.05) is 29.3 Å². The maximum absolute atomic E-state index is 12.8. The third-order valence-corrected chi connectivity index (χ3v) is 6.27. The summed E-state index contributed by atoms with van der Waals surface area (Å²) in [6.45, 7) is 4.40. The van der Waals surface area contributed by atoms with Crippen molar-refractivity contribution in [1.82, 2.24) is 9.62 Å². The van der Waals surface area contributed by atoms with Gasteiger partial charge >= 0.3 is 0 Å². The maximum Gasteiger partial charge on any atom is 0.244 e. The molecule has 23 heavy (non-hydrogen) atoms. The number of carbonyl (C=O) groups is 1. The molecule has 0 aromatic heterocycles. The van der Waals surface area contributed by atoms with Gasteiger partial charge in [0, 0.05) is 24.7 Å². The van der Waals surface area contributed by atoms with Crippen LogP contribution < -0.4 is 5.32 Å². The number of amides is 1. The van der Waals surface area contributed by atoms with Crippen LogP contribution in [0.4, 0.5) is 0 Å². The predicted octanol–water partition coefficient (Wildman–Crippen LogP) is 2.70. The first-order valence-corrected chi connectivity index (χ1v) is 9.39. The molecule has 126 valence electrons. The van der Waals surface area contributed by atoms with Gasteiger partial charge in [-0.05, 0) is 31.0 Å². The fourth-order valence-corrected chi connectivity index (χ4v) is 4.77. The van der Waals surface area contributed by atoms with Gasteiger partial charge in [0.2, 0.25) is 15.9 Å². The van der Waals surface area contributed by atoms with Gasteiger partial charge in [-0.15, -0.1) is 6.58 Å². The van der Waals surface area contributed by atoms with Crippen LogP contribution in [-0.2, 0) is 14.8 Å². The molecule has 1 aromatic carbocycles. The first kappa shape index (κ1) is 18.3. The zero-order chi connectivity index (χ0) is 17.0. The number of rotatable bonds is 5. The lowest BCUT2D eigenvalue weighted by atomic mass is 9.99. The molecule has 0 saturated carbocycles. The fourth-order valence-electron chi connectivity index (χ4n) is 2.51. The minimum absolute atomic E-state index is 0.0289. The second kappa shape index (κ2) is 7.66. The van der Waals surface area contributed by atoms with Crippen molar-refractivity contribution in [3.63, 3.8) is 0 Å². The van der Waals surface area contributed by atoms with E-state index in [2.05, 4.69) is 11.9 Å². The number of piperidine rings is 1. The summed E-state index contributed by atoms with van der Waals surface area (Å²) in [7, 11) is -3.79. The van der Waals surface area contributed by atoms with Crippen LogP contribution in [0.25, 0.3) is 0 Å². The summed E-state index contributed by atoms with van der Waals surface area (Å²) in [5, 5.41) is 3.12. The second-order valence-corrected chi connectivity index (χ2v) is 8.06. The van der Waals surface area contributed by atoms with Crippen LogP contribution in [-0.4, -0.2) is 38.3 Å². The molecule has 1 heterocycles. The minimum atomic E-state index is -3.79. The van der Waals surface area contributed by atoms with Gasteiger partial charge in [-0.3, -0.25) is 4.79 Å². The molecule has 0 unspecified atom stereocenters. The van der Waals surface area contributed by atoms with E-state index in [0.29, 0.717) is 31.0 Å². The topological polar surface area (TPSA) is 66.5 Å². The average molecular weight is 377 g/mol. The highest BCUT2D eigenvalue weighted by atomic mass is 35.5. The summed E-state index contributed by atoms with van der Waals surface area (Å²) < 4.78 is 26.9. The molecule has 1 amide bonds. The van der Waals surface area contributed by atoms with Gasteiger partial charge in [-0.2, -0.15) is 4.31 Å². The SMILES string of the molecule is C=CCNC(=O)[C@H]1CCCN(S(=O)(=O)c2cc(Cl)ccc2Cl)C1. The number of benzene rings is 1. The van der Waals surface area contributed by atoms with Crippen LogP contribution in [0.5, 0.6) is 0 Å². The minimum Gasteiger partial charge on any atom is -0.352 e. The molecule has 1 saturated heterocycles. The maximum atomic E-state index is 12.8. The van der Waals surface area contributed by atoms with E-state index in [1.54, 1.807) is 6.08 Å². The number of hydrogen-bond donors (Lipinski definition) is 1. The summed E-state index contributed by atoms with van der Waals surface area (Å²) in [4.78, 5) is 12.0. The first-order valence-electron chi connectivity index (χ1n) is 7.20. The highest BCUT2D eigenvalue weighted by molar-refractivity contribution is 7.89. The van der Waals surface area contributed by atoms with Gasteiger partial charge in [0.15, 0.2) is 0 Å². The molecule has 5 nitrogen and oxygen atoms in total. The van der Waals surface area contributed by atoms with Gasteiger partial charge in [0.25, 0.3) is 0 Å². The van der Waals surface area contributed by atoms with E-state index in [4.69, 9.17) is 23.2 Å². The number of halogens is 2. The smallest absolute Gasteiger partial charge is 0.244 e. The van der Waals surface area contributed by atoms with Crippen molar-refractivity contribution in [1.29, 1.82) is 0 Å². The van der Waals surface area contributed by atoms with Crippen LogP contribution in [0.15, 0.2) is 35.7 Å². The number of hydrogen-bond acceptors (Lipinski definition) is 3. The van der Waals surface area contributed by atoms with Crippen molar-refractivity contribution < 1.29 is 13.2 Å². The lowest BCUT2D eigenvalue weighted by molar-refractivity contribution is -0.125. The normalized spacial score (nSPS) is 19.3. The van der Waals surface area contributed by atoms with E-state index >= 15 is 0 Å². The van der Waals surface area contributed by atoms with Crippen molar-refractivity contribution in [2.45, 2.75) is 17.7 Å². The zero-order valence-electron chi connectivity index (χ0n) is 12.5. The summed E-state index contributed by atoms with van der Waals surface area (Å²) in [5.74, 6) is -0.543. The molecule has 1 aliphatic heterocycles. The Morgan fingerprint density at radius 2 is 2.17 bits per heavy atom.